The van der Waals surface area contributed by atoms with Gasteiger partial charge in [-0.1, -0.05) is 43.3 Å². The fraction of sp³-hybridized carbons (Fsp3) is 0.100. The summed E-state index contributed by atoms with van der Waals surface area (Å²) in [6, 6.07) is 21.8. The smallest absolute Gasteiger partial charge is 0.131 e. The number of hydrogen-bond donors (Lipinski definition) is 2. The molecule has 3 rings (SSSR count). The Bertz CT molecular complexity index is 773. The lowest BCUT2D eigenvalue weighted by atomic mass is 10.0. The van der Waals surface area contributed by atoms with E-state index in [9.17, 15) is 0 Å². The van der Waals surface area contributed by atoms with E-state index >= 15 is 0 Å². The van der Waals surface area contributed by atoms with Crippen LogP contribution in [0.25, 0.3) is 11.1 Å². The van der Waals surface area contributed by atoms with E-state index in [-0.39, 0.29) is 0 Å². The van der Waals surface area contributed by atoms with E-state index in [2.05, 4.69) is 31.2 Å². The van der Waals surface area contributed by atoms with Crippen molar-refractivity contribution in [3.63, 3.8) is 0 Å². The fourth-order valence-corrected chi connectivity index (χ4v) is 2.49. The van der Waals surface area contributed by atoms with Crippen LogP contribution in [0.2, 0.25) is 0 Å². The summed E-state index contributed by atoms with van der Waals surface area (Å²) in [5.41, 5.74) is 16.4. The molecule has 0 unspecified atom stereocenters. The van der Waals surface area contributed by atoms with Crippen LogP contribution in [0.5, 0.6) is 11.5 Å². The van der Waals surface area contributed by atoms with Gasteiger partial charge < -0.3 is 16.2 Å². The number of ether oxygens (including phenoxy) is 1. The minimum Gasteiger partial charge on any atom is -0.457 e. The molecule has 3 aromatic carbocycles. The van der Waals surface area contributed by atoms with Crippen LogP contribution in [0.3, 0.4) is 0 Å². The molecule has 0 bridgehead atoms. The molecule has 3 heteroatoms. The molecule has 0 amide bonds. The second-order valence-electron chi connectivity index (χ2n) is 5.51. The van der Waals surface area contributed by atoms with Crippen molar-refractivity contribution in [3.8, 4) is 22.6 Å². The first kappa shape index (κ1) is 15.0. The van der Waals surface area contributed by atoms with Gasteiger partial charge in [0.1, 0.15) is 11.5 Å². The summed E-state index contributed by atoms with van der Waals surface area (Å²) in [7, 11) is 0. The molecule has 3 aromatic rings. The van der Waals surface area contributed by atoms with Crippen molar-refractivity contribution in [1.29, 1.82) is 0 Å². The Balaban J connectivity index is 1.78. The van der Waals surface area contributed by atoms with Gasteiger partial charge in [0.25, 0.3) is 0 Å². The Morgan fingerprint density at radius 1 is 0.696 bits per heavy atom. The normalized spacial score (nSPS) is 10.5. The number of rotatable bonds is 4. The zero-order chi connectivity index (χ0) is 16.2. The van der Waals surface area contributed by atoms with Crippen LogP contribution < -0.4 is 16.2 Å². The molecular weight excluding hydrogens is 284 g/mol. The maximum Gasteiger partial charge on any atom is 0.131 e. The van der Waals surface area contributed by atoms with Crippen LogP contribution in [0, 0.1) is 0 Å². The summed E-state index contributed by atoms with van der Waals surface area (Å²) < 4.78 is 5.81. The number of nitrogen functional groups attached to an aromatic ring is 2. The highest BCUT2D eigenvalue weighted by atomic mass is 16.5. The number of anilines is 2. The van der Waals surface area contributed by atoms with Gasteiger partial charge in [0.05, 0.1) is 0 Å². The fourth-order valence-electron chi connectivity index (χ4n) is 2.49. The zero-order valence-corrected chi connectivity index (χ0v) is 13.1. The van der Waals surface area contributed by atoms with Crippen molar-refractivity contribution < 1.29 is 4.74 Å². The van der Waals surface area contributed by atoms with Crippen molar-refractivity contribution in [1.82, 2.24) is 0 Å². The first-order valence-corrected chi connectivity index (χ1v) is 7.67. The number of hydrogen-bond acceptors (Lipinski definition) is 3. The molecule has 23 heavy (non-hydrogen) atoms. The highest BCUT2D eigenvalue weighted by Crippen LogP contribution is 2.28. The molecule has 0 aliphatic heterocycles. The van der Waals surface area contributed by atoms with Crippen LogP contribution >= 0.6 is 0 Å². The average Bonchev–Trinajstić information content (AvgIpc) is 2.55. The minimum absolute atomic E-state index is 0.590. The monoisotopic (exact) mass is 304 g/mol. The SMILES string of the molecule is CCc1ccc(-c2ccc(Oc3cc(N)cc(N)c3)cc2)cc1. The van der Waals surface area contributed by atoms with Crippen LogP contribution in [0.15, 0.2) is 66.7 Å². The van der Waals surface area contributed by atoms with Gasteiger partial charge >= 0.3 is 0 Å². The van der Waals surface area contributed by atoms with E-state index in [0.717, 1.165) is 17.7 Å². The average molecular weight is 304 g/mol. The molecule has 0 radical (unpaired) electrons. The zero-order valence-electron chi connectivity index (χ0n) is 13.1. The first-order valence-electron chi connectivity index (χ1n) is 7.67. The molecule has 0 atom stereocenters. The Labute approximate surface area is 136 Å². The summed E-state index contributed by atoms with van der Waals surface area (Å²) in [6.07, 6.45) is 1.05. The van der Waals surface area contributed by atoms with Gasteiger partial charge in [-0.25, -0.2) is 0 Å². The third-order valence-corrected chi connectivity index (χ3v) is 3.74. The number of aryl methyl sites for hydroxylation is 1. The first-order chi connectivity index (χ1) is 11.1. The molecule has 0 aromatic heterocycles. The van der Waals surface area contributed by atoms with E-state index in [1.54, 1.807) is 18.2 Å². The molecule has 0 spiro atoms. The standard InChI is InChI=1S/C20H20N2O/c1-2-14-3-5-15(6-4-14)16-7-9-19(10-8-16)23-20-12-17(21)11-18(22)13-20/h3-13H,2,21-22H2,1H3. The van der Waals surface area contributed by atoms with Crippen LogP contribution in [-0.4, -0.2) is 0 Å². The van der Waals surface area contributed by atoms with Crippen molar-refractivity contribution in [3.05, 3.63) is 72.3 Å². The van der Waals surface area contributed by atoms with Gasteiger partial charge in [-0.3, -0.25) is 0 Å². The van der Waals surface area contributed by atoms with Crippen molar-refractivity contribution in [2.75, 3.05) is 11.5 Å². The molecule has 0 saturated heterocycles. The van der Waals surface area contributed by atoms with E-state index in [1.165, 1.54) is 11.1 Å². The number of benzene rings is 3. The highest BCUT2D eigenvalue weighted by Gasteiger charge is 2.02. The molecule has 0 aliphatic rings. The maximum atomic E-state index is 5.81. The third-order valence-electron chi connectivity index (χ3n) is 3.74. The van der Waals surface area contributed by atoms with Gasteiger partial charge in [-0.05, 0) is 41.3 Å². The summed E-state index contributed by atoms with van der Waals surface area (Å²) in [5.74, 6) is 1.39. The number of nitrogens with two attached hydrogens (primary N) is 2. The molecule has 0 saturated carbocycles. The van der Waals surface area contributed by atoms with Gasteiger partial charge in [0, 0.05) is 23.5 Å². The summed E-state index contributed by atoms with van der Waals surface area (Å²) in [5, 5.41) is 0. The van der Waals surface area contributed by atoms with Crippen molar-refractivity contribution in [2.45, 2.75) is 13.3 Å². The van der Waals surface area contributed by atoms with Crippen LogP contribution in [0.4, 0.5) is 11.4 Å². The van der Waals surface area contributed by atoms with E-state index in [4.69, 9.17) is 16.2 Å². The Kier molecular flexibility index (Phi) is 4.20. The summed E-state index contributed by atoms with van der Waals surface area (Å²) >= 11 is 0. The summed E-state index contributed by atoms with van der Waals surface area (Å²) in [6.45, 7) is 2.16. The molecular formula is C20H20N2O. The predicted octanol–water partition coefficient (Wildman–Crippen LogP) is 4.87. The second kappa shape index (κ2) is 6.44. The lowest BCUT2D eigenvalue weighted by Gasteiger charge is -2.09. The third kappa shape index (κ3) is 3.64. The van der Waals surface area contributed by atoms with Crippen LogP contribution in [-0.2, 0) is 6.42 Å². The molecule has 0 fully saturated rings. The van der Waals surface area contributed by atoms with E-state index < -0.39 is 0 Å². The topological polar surface area (TPSA) is 61.3 Å². The lowest BCUT2D eigenvalue weighted by Crippen LogP contribution is -1.92. The minimum atomic E-state index is 0.590. The molecule has 116 valence electrons. The maximum absolute atomic E-state index is 5.81. The van der Waals surface area contributed by atoms with Gasteiger partial charge in [0.2, 0.25) is 0 Å². The van der Waals surface area contributed by atoms with E-state index in [0.29, 0.717) is 17.1 Å². The van der Waals surface area contributed by atoms with Crippen molar-refractivity contribution >= 4 is 11.4 Å². The van der Waals surface area contributed by atoms with Gasteiger partial charge in [-0.2, -0.15) is 0 Å². The lowest BCUT2D eigenvalue weighted by molar-refractivity contribution is 0.483. The van der Waals surface area contributed by atoms with Gasteiger partial charge in [-0.15, -0.1) is 0 Å². The molecule has 4 N–H and O–H groups in total. The highest BCUT2D eigenvalue weighted by molar-refractivity contribution is 5.64. The predicted molar refractivity (Wildman–Crippen MR) is 96.6 cm³/mol. The molecule has 3 nitrogen and oxygen atoms in total. The van der Waals surface area contributed by atoms with Crippen LogP contribution in [0.1, 0.15) is 12.5 Å². The Morgan fingerprint density at radius 2 is 1.22 bits per heavy atom. The largest absolute Gasteiger partial charge is 0.457 e. The Morgan fingerprint density at radius 3 is 1.74 bits per heavy atom. The van der Waals surface area contributed by atoms with Crippen molar-refractivity contribution in [2.24, 2.45) is 0 Å². The quantitative estimate of drug-likeness (QED) is 0.676. The summed E-state index contributed by atoms with van der Waals surface area (Å²) in [4.78, 5) is 0. The molecule has 0 heterocycles. The van der Waals surface area contributed by atoms with Gasteiger partial charge in [0.15, 0.2) is 0 Å². The Hall–Kier alpha value is -2.94. The molecule has 0 aliphatic carbocycles. The van der Waals surface area contributed by atoms with E-state index in [1.807, 2.05) is 24.3 Å². The second-order valence-corrected chi connectivity index (χ2v) is 5.51.